The second-order valence-corrected chi connectivity index (χ2v) is 2.70. The molecule has 8 heteroatoms. The van der Waals surface area contributed by atoms with Crippen molar-refractivity contribution in [2.24, 2.45) is 0 Å². The number of carbonyl (C=O) groups excluding carboxylic acids is 2. The minimum Gasteiger partial charge on any atom is -0.877 e. The molecule has 0 aliphatic rings. The van der Waals surface area contributed by atoms with Gasteiger partial charge in [-0.2, -0.15) is 26.2 Å². The van der Waals surface area contributed by atoms with Gasteiger partial charge in [-0.05, 0) is 0 Å². The summed E-state index contributed by atoms with van der Waals surface area (Å²) in [6.45, 7) is 3.62. The summed E-state index contributed by atoms with van der Waals surface area (Å²) < 4.78 is 0. The van der Waals surface area contributed by atoms with E-state index in [-0.39, 0.29) is 60.1 Å². The average Bonchev–Trinajstić information content (AvgIpc) is 2.29. The van der Waals surface area contributed by atoms with Gasteiger partial charge in [0.05, 0.1) is 13.8 Å². The molecule has 0 amide bonds. The van der Waals surface area contributed by atoms with Crippen LogP contribution in [0.1, 0.15) is 13.8 Å². The van der Waals surface area contributed by atoms with E-state index in [9.17, 15) is 5.11 Å². The normalized spacial score (nSPS) is 7.44. The zero-order valence-electron chi connectivity index (χ0n) is 10.5. The number of hydrogen-bond donors (Lipinski definition) is 0. The molecule has 0 aliphatic carbocycles. The molecule has 0 fully saturated rings. The van der Waals surface area contributed by atoms with Gasteiger partial charge in [-0.3, -0.25) is 9.59 Å². The Labute approximate surface area is 118 Å². The van der Waals surface area contributed by atoms with Crippen LogP contribution in [0.3, 0.4) is 0 Å². The molecule has 0 radical (unpaired) electrons. The Hall–Kier alpha value is -0.774. The summed E-state index contributed by atoms with van der Waals surface area (Å²) in [6.07, 6.45) is 0.407. The number of allylic oxidation sites excluding steroid dienone is 1. The van der Waals surface area contributed by atoms with Gasteiger partial charge in [0, 0.05) is 0 Å². The molecule has 6 N–H and O–H groups in total. The molecule has 0 saturated heterocycles. The van der Waals surface area contributed by atoms with Crippen molar-refractivity contribution < 1.29 is 31.5 Å². The molecule has 0 aromatic carbocycles. The van der Waals surface area contributed by atoms with Gasteiger partial charge in [0.1, 0.15) is 0 Å². The van der Waals surface area contributed by atoms with E-state index in [0.717, 1.165) is 0 Å². The topological polar surface area (TPSA) is 161 Å². The number of rotatable bonds is 4. The largest absolute Gasteiger partial charge is 3.00 e. The minimum absolute atomic E-state index is 0. The Balaban J connectivity index is -0.0000000922. The van der Waals surface area contributed by atoms with Crippen LogP contribution in [0.2, 0.25) is 0 Å². The van der Waals surface area contributed by atoms with Gasteiger partial charge in [0.2, 0.25) is 0 Å². The first-order valence-corrected chi connectivity index (χ1v) is 4.89. The summed E-state index contributed by atoms with van der Waals surface area (Å²) in [4.78, 5) is 17.3. The molecular weight excluding hydrogens is 283 g/mol. The van der Waals surface area contributed by atoms with Crippen LogP contribution in [-0.4, -0.2) is 47.3 Å². The van der Waals surface area contributed by atoms with E-state index in [0.29, 0.717) is 6.26 Å². The van der Waals surface area contributed by atoms with Gasteiger partial charge in [-0.1, -0.05) is 0 Å². The predicted octanol–water partition coefficient (Wildman–Crippen LogP) is 1.54. The zero-order chi connectivity index (χ0) is 14.3. The molecule has 0 spiro atoms. The van der Waals surface area contributed by atoms with Crippen LogP contribution < -0.4 is 5.11 Å². The maximum Gasteiger partial charge on any atom is 3.00 e. The summed E-state index contributed by atoms with van der Waals surface area (Å²) in [5, 5.41) is 9.99. The van der Waals surface area contributed by atoms with Gasteiger partial charge >= 0.3 is 28.3 Å². The second kappa shape index (κ2) is 21.5. The minimum atomic E-state index is -0.162. The van der Waals surface area contributed by atoms with Crippen molar-refractivity contribution in [3.63, 3.8) is 0 Å². The number of nitrogens with one attached hydrogen (secondary N) is 4. The summed E-state index contributed by atoms with van der Waals surface area (Å²) in [5.41, 5.74) is 25.0. The van der Waals surface area contributed by atoms with Crippen molar-refractivity contribution >= 4 is 11.6 Å². The zero-order valence-corrected chi connectivity index (χ0v) is 11.6. The molecule has 0 atom stereocenters. The van der Waals surface area contributed by atoms with E-state index in [1.807, 2.05) is 0 Å². The Bertz CT molecular complexity index is 211. The molecule has 0 saturated carbocycles. The Morgan fingerprint density at radius 2 is 1.11 bits per heavy atom. The van der Waals surface area contributed by atoms with Crippen molar-refractivity contribution in [1.29, 1.82) is 0 Å². The van der Waals surface area contributed by atoms with Crippen molar-refractivity contribution in [2.45, 2.75) is 13.8 Å². The van der Waals surface area contributed by atoms with Crippen LogP contribution in [0.15, 0.2) is 11.8 Å². The Morgan fingerprint density at radius 1 is 0.889 bits per heavy atom. The van der Waals surface area contributed by atoms with E-state index in [4.69, 9.17) is 32.5 Å². The predicted molar refractivity (Wildman–Crippen MR) is 70.1 cm³/mol. The molecule has 0 heterocycles. The maximum atomic E-state index is 9.99. The van der Waals surface area contributed by atoms with Crippen LogP contribution in [-0.2, 0) is 16.8 Å². The van der Waals surface area contributed by atoms with E-state index in [1.165, 1.54) is 13.8 Å². The van der Waals surface area contributed by atoms with E-state index >= 15 is 0 Å². The first kappa shape index (κ1) is 25.9. The van der Waals surface area contributed by atoms with Gasteiger partial charge in [0.15, 0.2) is 5.57 Å². The monoisotopic (exact) mass is 304 g/mol. The van der Waals surface area contributed by atoms with Crippen molar-refractivity contribution in [1.82, 2.24) is 0 Å². The van der Waals surface area contributed by atoms with Crippen LogP contribution in [0, 0.1) is 0 Å². The molecule has 18 heavy (non-hydrogen) atoms. The summed E-state index contributed by atoms with van der Waals surface area (Å²) in [5.74, 6) is -0.324. The Kier molecular flexibility index (Phi) is 31.0. The fraction of sp³-hybridized carbons (Fsp3) is 0.600. The van der Waals surface area contributed by atoms with Crippen LogP contribution in [0.5, 0.6) is 0 Å². The Morgan fingerprint density at radius 3 is 1.11 bits per heavy atom. The molecule has 0 unspecified atom stereocenters. The average molecular weight is 304 g/mol. The first-order chi connectivity index (χ1) is 7.92. The van der Waals surface area contributed by atoms with Crippen LogP contribution >= 0.6 is 0 Å². The quantitative estimate of drug-likeness (QED) is 0.249. The summed E-state index contributed by atoms with van der Waals surface area (Å²) >= 11 is 0. The fourth-order valence-electron chi connectivity index (χ4n) is 0.432. The van der Waals surface area contributed by atoms with E-state index in [1.54, 1.807) is 0 Å². The van der Waals surface area contributed by atoms with Crippen molar-refractivity contribution in [2.75, 3.05) is 26.2 Å². The molecule has 108 valence electrons. The van der Waals surface area contributed by atoms with E-state index in [2.05, 4.69) is 0 Å². The van der Waals surface area contributed by atoms with Gasteiger partial charge < -0.3 is 28.0 Å². The number of ketones is 2. The summed E-state index contributed by atoms with van der Waals surface area (Å²) in [7, 11) is 0. The third kappa shape index (κ3) is 24.5. The molecule has 0 aromatic rings. The van der Waals surface area contributed by atoms with Gasteiger partial charge in [-0.25, -0.2) is 0 Å². The van der Waals surface area contributed by atoms with Crippen LogP contribution in [0.4, 0.5) is 0 Å². The van der Waals surface area contributed by atoms with Crippen molar-refractivity contribution in [3.8, 4) is 0 Å². The van der Waals surface area contributed by atoms with Crippen molar-refractivity contribution in [3.05, 3.63) is 34.8 Å². The molecule has 0 rings (SSSR count). The maximum absolute atomic E-state index is 9.99. The SMILES string of the molecule is CC(=[OH+])C(=C[O-])C(C)=[OH+].[Co+3].[NH-]CC[NH-].[NH-]CC[NH-]. The first-order valence-electron chi connectivity index (χ1n) is 4.89. The number of hydrogen-bond acceptors (Lipinski definition) is 1. The molecule has 0 aliphatic heterocycles. The third-order valence-corrected chi connectivity index (χ3v) is 1.15. The third-order valence-electron chi connectivity index (χ3n) is 1.15. The van der Waals surface area contributed by atoms with Gasteiger partial charge in [-0.15, -0.1) is 6.26 Å². The molecule has 0 bridgehead atoms. The second-order valence-electron chi connectivity index (χ2n) is 2.70. The van der Waals surface area contributed by atoms with Gasteiger partial charge in [0.25, 0.3) is 0 Å². The smallest absolute Gasteiger partial charge is 0.877 e. The molecular formula is C10H21CoN4O3. The molecule has 0 aromatic heterocycles. The van der Waals surface area contributed by atoms with Crippen LogP contribution in [0.25, 0.3) is 22.9 Å². The fourth-order valence-corrected chi connectivity index (χ4v) is 0.432. The standard InChI is InChI=1S/C6H8O3.2C2H6N2.Co/c1-4(8)6(3-7)5(2)9;2*3-1-2-4;/h3,7H,1-2H3;2*3-4H,1-2H2;/q;2*-2;+3/p+1. The summed E-state index contributed by atoms with van der Waals surface area (Å²) in [6, 6.07) is 0. The molecule has 7 nitrogen and oxygen atoms in total. The van der Waals surface area contributed by atoms with E-state index < -0.39 is 0 Å².